The van der Waals surface area contributed by atoms with E-state index in [9.17, 15) is 9.90 Å². The molecule has 2 unspecified atom stereocenters. The first-order chi connectivity index (χ1) is 13.0. The molecule has 0 spiro atoms. The van der Waals surface area contributed by atoms with Crippen molar-refractivity contribution in [1.29, 1.82) is 0 Å². The number of rotatable bonds is 2. The van der Waals surface area contributed by atoms with E-state index >= 15 is 0 Å². The van der Waals surface area contributed by atoms with Crippen LogP contribution in [-0.2, 0) is 0 Å². The van der Waals surface area contributed by atoms with E-state index in [0.29, 0.717) is 5.56 Å². The number of phenols is 1. The van der Waals surface area contributed by atoms with Crippen LogP contribution in [0.1, 0.15) is 46.3 Å². The quantitative estimate of drug-likeness (QED) is 0.678. The molecule has 3 nitrogen and oxygen atoms in total. The summed E-state index contributed by atoms with van der Waals surface area (Å²) in [5, 5.41) is 9.63. The maximum Gasteiger partial charge on any atom is 0.258 e. The van der Waals surface area contributed by atoms with Crippen molar-refractivity contribution in [2.24, 2.45) is 0 Å². The summed E-state index contributed by atoms with van der Waals surface area (Å²) in [6.45, 7) is 4.19. The average Bonchev–Trinajstić information content (AvgIpc) is 2.68. The molecule has 3 aromatic carbocycles. The van der Waals surface area contributed by atoms with Gasteiger partial charge in [-0.2, -0.15) is 0 Å². The largest absolute Gasteiger partial charge is 0.508 e. The molecule has 0 aromatic heterocycles. The van der Waals surface area contributed by atoms with Crippen molar-refractivity contribution in [3.8, 4) is 5.75 Å². The fourth-order valence-corrected chi connectivity index (χ4v) is 4.04. The molecular weight excluding hydrogens is 334 g/mol. The number of benzene rings is 3. The van der Waals surface area contributed by atoms with E-state index in [2.05, 4.69) is 32.0 Å². The zero-order chi connectivity index (χ0) is 19.0. The van der Waals surface area contributed by atoms with Crippen molar-refractivity contribution >= 4 is 11.6 Å². The first kappa shape index (κ1) is 17.3. The van der Waals surface area contributed by atoms with E-state index in [-0.39, 0.29) is 23.6 Å². The molecule has 3 heteroatoms. The Morgan fingerprint density at radius 1 is 1.00 bits per heavy atom. The van der Waals surface area contributed by atoms with E-state index in [1.165, 1.54) is 16.7 Å². The van der Waals surface area contributed by atoms with Crippen LogP contribution >= 0.6 is 0 Å². The summed E-state index contributed by atoms with van der Waals surface area (Å²) >= 11 is 0. The van der Waals surface area contributed by atoms with Crippen LogP contribution in [0.3, 0.4) is 0 Å². The summed E-state index contributed by atoms with van der Waals surface area (Å²) in [7, 11) is 0. The minimum atomic E-state index is 0.0392. The van der Waals surface area contributed by atoms with Gasteiger partial charge in [0, 0.05) is 23.2 Å². The van der Waals surface area contributed by atoms with E-state index in [1.54, 1.807) is 12.1 Å². The number of carbonyl (C=O) groups excluding carboxylic acids is 1. The van der Waals surface area contributed by atoms with Gasteiger partial charge in [0.25, 0.3) is 5.91 Å². The second-order valence-corrected chi connectivity index (χ2v) is 7.33. The zero-order valence-electron chi connectivity index (χ0n) is 15.6. The highest BCUT2D eigenvalue weighted by atomic mass is 16.3. The van der Waals surface area contributed by atoms with Crippen molar-refractivity contribution in [3.05, 3.63) is 95.1 Å². The number of anilines is 1. The first-order valence-corrected chi connectivity index (χ1v) is 9.32. The van der Waals surface area contributed by atoms with Crippen LogP contribution in [0.25, 0.3) is 0 Å². The van der Waals surface area contributed by atoms with Gasteiger partial charge in [-0.25, -0.2) is 0 Å². The minimum Gasteiger partial charge on any atom is -0.508 e. The molecule has 4 rings (SSSR count). The van der Waals surface area contributed by atoms with Crippen molar-refractivity contribution in [2.45, 2.75) is 32.2 Å². The normalized spacial score (nSPS) is 18.8. The summed E-state index contributed by atoms with van der Waals surface area (Å²) < 4.78 is 0. The van der Waals surface area contributed by atoms with Crippen molar-refractivity contribution < 1.29 is 9.90 Å². The second kappa shape index (κ2) is 6.92. The van der Waals surface area contributed by atoms with Gasteiger partial charge >= 0.3 is 0 Å². The Balaban J connectivity index is 1.81. The van der Waals surface area contributed by atoms with Crippen LogP contribution < -0.4 is 4.90 Å². The summed E-state index contributed by atoms with van der Waals surface area (Å²) in [4.78, 5) is 15.2. The van der Waals surface area contributed by atoms with Crippen molar-refractivity contribution in [3.63, 3.8) is 0 Å². The molecule has 0 fully saturated rings. The third-order valence-electron chi connectivity index (χ3n) is 5.37. The Morgan fingerprint density at radius 3 is 2.41 bits per heavy atom. The first-order valence-electron chi connectivity index (χ1n) is 9.32. The van der Waals surface area contributed by atoms with Crippen LogP contribution in [0.15, 0.2) is 72.8 Å². The lowest BCUT2D eigenvalue weighted by atomic mass is 9.80. The number of hydrogen-bond donors (Lipinski definition) is 1. The maximum absolute atomic E-state index is 13.2. The van der Waals surface area contributed by atoms with E-state index < -0.39 is 0 Å². The number of carbonyl (C=O) groups is 1. The predicted molar refractivity (Wildman–Crippen MR) is 108 cm³/mol. The Labute approximate surface area is 159 Å². The van der Waals surface area contributed by atoms with Gasteiger partial charge in [0.15, 0.2) is 0 Å². The Kier molecular flexibility index (Phi) is 4.44. The monoisotopic (exact) mass is 357 g/mol. The summed E-state index contributed by atoms with van der Waals surface area (Å²) in [6.07, 6.45) is 0.847. The number of phenolic OH excluding ortho intramolecular Hbond substituents is 1. The third-order valence-corrected chi connectivity index (χ3v) is 5.37. The van der Waals surface area contributed by atoms with E-state index in [0.717, 1.165) is 12.1 Å². The molecule has 0 aliphatic carbocycles. The lowest BCUT2D eigenvalue weighted by molar-refractivity contribution is 0.0974. The fraction of sp³-hybridized carbons (Fsp3) is 0.208. The average molecular weight is 357 g/mol. The summed E-state index contributed by atoms with van der Waals surface area (Å²) in [6, 6.07) is 23.3. The Morgan fingerprint density at radius 2 is 1.70 bits per heavy atom. The molecule has 136 valence electrons. The van der Waals surface area contributed by atoms with Gasteiger partial charge in [0.1, 0.15) is 5.75 Å². The minimum absolute atomic E-state index is 0.0392. The number of aryl methyl sites for hydroxylation is 1. The van der Waals surface area contributed by atoms with Crippen LogP contribution in [0.2, 0.25) is 0 Å². The molecule has 0 saturated carbocycles. The molecule has 2 atom stereocenters. The molecule has 1 aliphatic heterocycles. The SMILES string of the molecule is Cc1ccc2c(c1)C(c1ccc(O)cc1)CC(C)N2C(=O)c1ccccc1. The van der Waals surface area contributed by atoms with Crippen molar-refractivity contribution in [2.75, 3.05) is 4.90 Å². The number of aromatic hydroxyl groups is 1. The number of fused-ring (bicyclic) bond motifs is 1. The molecule has 3 aromatic rings. The third kappa shape index (κ3) is 3.21. The van der Waals surface area contributed by atoms with Gasteiger partial charge in [0.05, 0.1) is 0 Å². The van der Waals surface area contributed by atoms with E-state index in [1.807, 2.05) is 47.4 Å². The summed E-state index contributed by atoms with van der Waals surface area (Å²) in [5.41, 5.74) is 5.20. The fourth-order valence-electron chi connectivity index (χ4n) is 4.04. The molecular formula is C24H23NO2. The standard InChI is InChI=1S/C24H23NO2/c1-16-8-13-23-22(14-16)21(18-9-11-20(26)12-10-18)15-17(2)25(23)24(27)19-6-4-3-5-7-19/h3-14,17,21,26H,15H2,1-2H3. The smallest absolute Gasteiger partial charge is 0.258 e. The molecule has 1 N–H and O–H groups in total. The molecule has 0 saturated heterocycles. The van der Waals surface area contributed by atoms with Gasteiger partial charge in [0.2, 0.25) is 0 Å². The summed E-state index contributed by atoms with van der Waals surface area (Å²) in [5.74, 6) is 0.514. The number of hydrogen-bond acceptors (Lipinski definition) is 2. The molecule has 0 radical (unpaired) electrons. The molecule has 1 amide bonds. The van der Waals surface area contributed by atoms with Crippen LogP contribution in [0, 0.1) is 6.92 Å². The molecule has 27 heavy (non-hydrogen) atoms. The number of amides is 1. The highest BCUT2D eigenvalue weighted by Crippen LogP contribution is 2.43. The Hall–Kier alpha value is -3.07. The molecule has 1 heterocycles. The topological polar surface area (TPSA) is 40.5 Å². The Bertz CT molecular complexity index is 963. The molecule has 1 aliphatic rings. The van der Waals surface area contributed by atoms with Crippen molar-refractivity contribution in [1.82, 2.24) is 0 Å². The predicted octanol–water partition coefficient (Wildman–Crippen LogP) is 5.27. The van der Waals surface area contributed by atoms with Gasteiger partial charge < -0.3 is 10.0 Å². The second-order valence-electron chi connectivity index (χ2n) is 7.33. The van der Waals surface area contributed by atoms with Gasteiger partial charge in [-0.3, -0.25) is 4.79 Å². The maximum atomic E-state index is 13.2. The van der Waals surface area contributed by atoms with Gasteiger partial charge in [-0.05, 0) is 61.7 Å². The van der Waals surface area contributed by atoms with Crippen LogP contribution in [-0.4, -0.2) is 17.1 Å². The highest BCUT2D eigenvalue weighted by Gasteiger charge is 2.34. The van der Waals surface area contributed by atoms with E-state index in [4.69, 9.17) is 0 Å². The van der Waals surface area contributed by atoms with Gasteiger partial charge in [-0.15, -0.1) is 0 Å². The van der Waals surface area contributed by atoms with Crippen LogP contribution in [0.5, 0.6) is 5.75 Å². The van der Waals surface area contributed by atoms with Crippen LogP contribution in [0.4, 0.5) is 5.69 Å². The lowest BCUT2D eigenvalue weighted by Crippen LogP contribution is -2.43. The van der Waals surface area contributed by atoms with Gasteiger partial charge in [-0.1, -0.05) is 48.0 Å². The zero-order valence-corrected chi connectivity index (χ0v) is 15.6. The highest BCUT2D eigenvalue weighted by molar-refractivity contribution is 6.07. The number of nitrogens with zero attached hydrogens (tertiary/aromatic N) is 1. The lowest BCUT2D eigenvalue weighted by Gasteiger charge is -2.40. The molecule has 0 bridgehead atoms.